The molecular formula is C19H20FN3O3S. The van der Waals surface area contributed by atoms with Crippen LogP contribution in [0.15, 0.2) is 47.4 Å². The highest BCUT2D eigenvalue weighted by molar-refractivity contribution is 7.89. The number of amides is 1. The molecule has 4 rings (SSSR count). The largest absolute Gasteiger partial charge is 0.326 e. The minimum atomic E-state index is -3.68. The van der Waals surface area contributed by atoms with Gasteiger partial charge in [-0.15, -0.1) is 0 Å². The lowest BCUT2D eigenvalue weighted by Crippen LogP contribution is -2.48. The summed E-state index contributed by atoms with van der Waals surface area (Å²) in [6.45, 7) is 1.25. The van der Waals surface area contributed by atoms with Gasteiger partial charge in [0, 0.05) is 31.4 Å². The number of rotatable bonds is 3. The van der Waals surface area contributed by atoms with E-state index in [0.717, 1.165) is 5.56 Å². The van der Waals surface area contributed by atoms with Crippen LogP contribution in [0.2, 0.25) is 0 Å². The third-order valence-corrected chi connectivity index (χ3v) is 7.07. The van der Waals surface area contributed by atoms with Crippen LogP contribution in [-0.4, -0.2) is 50.2 Å². The Morgan fingerprint density at radius 2 is 1.85 bits per heavy atom. The summed E-state index contributed by atoms with van der Waals surface area (Å²) in [6.07, 6.45) is 0.194. The number of hydrogen-bond acceptors (Lipinski definition) is 4. The van der Waals surface area contributed by atoms with E-state index in [-0.39, 0.29) is 29.1 Å². The fraction of sp³-hybridized carbons (Fsp3) is 0.316. The van der Waals surface area contributed by atoms with Gasteiger partial charge in [0.2, 0.25) is 15.9 Å². The van der Waals surface area contributed by atoms with Crippen molar-refractivity contribution in [3.05, 3.63) is 59.4 Å². The van der Waals surface area contributed by atoms with Crippen molar-refractivity contribution in [1.82, 2.24) is 9.21 Å². The Morgan fingerprint density at radius 3 is 2.59 bits per heavy atom. The SMILES string of the molecule is CN1CCN(S(=O)(=O)c2ccc3c(c2)CC(=O)N3)CC1c1ccc(F)cc1. The van der Waals surface area contributed by atoms with E-state index in [1.54, 1.807) is 24.3 Å². The topological polar surface area (TPSA) is 69.7 Å². The van der Waals surface area contributed by atoms with E-state index in [4.69, 9.17) is 0 Å². The third kappa shape index (κ3) is 3.36. The Kier molecular flexibility index (Phi) is 4.49. The van der Waals surface area contributed by atoms with Crippen molar-refractivity contribution in [2.24, 2.45) is 0 Å². The molecule has 1 N–H and O–H groups in total. The molecule has 2 aliphatic heterocycles. The molecule has 1 unspecified atom stereocenters. The van der Waals surface area contributed by atoms with Crippen LogP contribution in [-0.2, 0) is 21.2 Å². The van der Waals surface area contributed by atoms with E-state index >= 15 is 0 Å². The number of likely N-dealkylation sites (N-methyl/N-ethyl adjacent to an activating group) is 1. The van der Waals surface area contributed by atoms with Crippen LogP contribution in [0.5, 0.6) is 0 Å². The lowest BCUT2D eigenvalue weighted by molar-refractivity contribution is -0.115. The van der Waals surface area contributed by atoms with Gasteiger partial charge < -0.3 is 5.32 Å². The first-order valence-corrected chi connectivity index (χ1v) is 10.2. The van der Waals surface area contributed by atoms with Gasteiger partial charge in [-0.25, -0.2) is 12.8 Å². The van der Waals surface area contributed by atoms with Crippen LogP contribution in [0.1, 0.15) is 17.2 Å². The first-order chi connectivity index (χ1) is 12.8. The maximum absolute atomic E-state index is 13.2. The molecule has 1 fully saturated rings. The average Bonchev–Trinajstić information content (AvgIpc) is 3.02. The number of carbonyl (C=O) groups excluding carboxylic acids is 1. The highest BCUT2D eigenvalue weighted by Gasteiger charge is 2.34. The third-order valence-electron chi connectivity index (χ3n) is 5.21. The van der Waals surface area contributed by atoms with E-state index < -0.39 is 10.0 Å². The van der Waals surface area contributed by atoms with Gasteiger partial charge in [0.05, 0.1) is 11.3 Å². The summed E-state index contributed by atoms with van der Waals surface area (Å²) in [6, 6.07) is 10.8. The van der Waals surface area contributed by atoms with Gasteiger partial charge in [-0.2, -0.15) is 4.31 Å². The van der Waals surface area contributed by atoms with E-state index in [9.17, 15) is 17.6 Å². The monoisotopic (exact) mass is 389 g/mol. The predicted octanol–water partition coefficient (Wildman–Crippen LogP) is 2.00. The van der Waals surface area contributed by atoms with Gasteiger partial charge in [-0.3, -0.25) is 9.69 Å². The van der Waals surface area contributed by atoms with Crippen molar-refractivity contribution in [1.29, 1.82) is 0 Å². The normalized spacial score (nSPS) is 21.1. The number of halogens is 1. The Bertz CT molecular complexity index is 992. The number of fused-ring (bicyclic) bond motifs is 1. The molecule has 2 aliphatic rings. The summed E-state index contributed by atoms with van der Waals surface area (Å²) in [5.74, 6) is -0.446. The number of nitrogens with zero attached hydrogens (tertiary/aromatic N) is 2. The van der Waals surface area contributed by atoms with Crippen molar-refractivity contribution in [2.45, 2.75) is 17.4 Å². The van der Waals surface area contributed by atoms with Crippen molar-refractivity contribution in [2.75, 3.05) is 32.0 Å². The van der Waals surface area contributed by atoms with E-state index in [2.05, 4.69) is 10.2 Å². The highest BCUT2D eigenvalue weighted by atomic mass is 32.2. The number of benzene rings is 2. The van der Waals surface area contributed by atoms with Gasteiger partial charge in [-0.1, -0.05) is 12.1 Å². The second-order valence-corrected chi connectivity index (χ2v) is 8.89. The van der Waals surface area contributed by atoms with Gasteiger partial charge in [0.15, 0.2) is 0 Å². The molecule has 1 amide bonds. The second-order valence-electron chi connectivity index (χ2n) is 6.95. The smallest absolute Gasteiger partial charge is 0.243 e. The summed E-state index contributed by atoms with van der Waals surface area (Å²) < 4.78 is 41.0. The van der Waals surface area contributed by atoms with Crippen LogP contribution >= 0.6 is 0 Å². The summed E-state index contributed by atoms with van der Waals surface area (Å²) in [7, 11) is -1.74. The summed E-state index contributed by atoms with van der Waals surface area (Å²) in [5.41, 5.74) is 2.24. The first-order valence-electron chi connectivity index (χ1n) is 8.73. The van der Waals surface area contributed by atoms with Crippen LogP contribution < -0.4 is 5.32 Å². The molecular weight excluding hydrogens is 369 g/mol. The number of carbonyl (C=O) groups is 1. The molecule has 2 heterocycles. The molecule has 0 radical (unpaired) electrons. The molecule has 0 bridgehead atoms. The Morgan fingerprint density at radius 1 is 1.11 bits per heavy atom. The number of anilines is 1. The second kappa shape index (κ2) is 6.70. The molecule has 1 saturated heterocycles. The first kappa shape index (κ1) is 18.1. The lowest BCUT2D eigenvalue weighted by Gasteiger charge is -2.39. The highest BCUT2D eigenvalue weighted by Crippen LogP contribution is 2.31. The zero-order valence-corrected chi connectivity index (χ0v) is 15.7. The molecule has 142 valence electrons. The molecule has 0 saturated carbocycles. The van der Waals surface area contributed by atoms with E-state index in [1.165, 1.54) is 22.5 Å². The van der Waals surface area contributed by atoms with Crippen molar-refractivity contribution in [3.63, 3.8) is 0 Å². The fourth-order valence-electron chi connectivity index (χ4n) is 3.63. The molecule has 27 heavy (non-hydrogen) atoms. The number of hydrogen-bond donors (Lipinski definition) is 1. The summed E-state index contributed by atoms with van der Waals surface area (Å²) in [4.78, 5) is 13.8. The minimum absolute atomic E-state index is 0.129. The molecule has 0 aromatic heterocycles. The average molecular weight is 389 g/mol. The molecule has 2 aromatic rings. The van der Waals surface area contributed by atoms with Gasteiger partial charge >= 0.3 is 0 Å². The van der Waals surface area contributed by atoms with Gasteiger partial charge in [0.25, 0.3) is 0 Å². The lowest BCUT2D eigenvalue weighted by atomic mass is 10.0. The zero-order valence-electron chi connectivity index (χ0n) is 14.9. The molecule has 2 aromatic carbocycles. The molecule has 6 nitrogen and oxygen atoms in total. The number of sulfonamides is 1. The number of nitrogens with one attached hydrogen (secondary N) is 1. The molecule has 0 aliphatic carbocycles. The zero-order chi connectivity index (χ0) is 19.2. The summed E-state index contributed by atoms with van der Waals surface area (Å²) in [5, 5.41) is 2.71. The van der Waals surface area contributed by atoms with E-state index in [1.807, 2.05) is 7.05 Å². The van der Waals surface area contributed by atoms with Crippen molar-refractivity contribution in [3.8, 4) is 0 Å². The minimum Gasteiger partial charge on any atom is -0.326 e. The Hall–Kier alpha value is -2.29. The van der Waals surface area contributed by atoms with Crippen LogP contribution in [0, 0.1) is 5.82 Å². The molecule has 8 heteroatoms. The van der Waals surface area contributed by atoms with Gasteiger partial charge in [0.1, 0.15) is 5.82 Å². The van der Waals surface area contributed by atoms with Crippen LogP contribution in [0.3, 0.4) is 0 Å². The maximum atomic E-state index is 13.2. The van der Waals surface area contributed by atoms with Crippen LogP contribution in [0.25, 0.3) is 0 Å². The standard InChI is InChI=1S/C19H20FN3O3S/c1-22-8-9-23(12-18(22)13-2-4-15(20)5-3-13)27(25,26)16-6-7-17-14(10-16)11-19(24)21-17/h2-7,10,18H,8-9,11-12H2,1H3,(H,21,24). The maximum Gasteiger partial charge on any atom is 0.243 e. The quantitative estimate of drug-likeness (QED) is 0.872. The number of piperazine rings is 1. The predicted molar refractivity (Wildman–Crippen MR) is 99.3 cm³/mol. The van der Waals surface area contributed by atoms with Crippen molar-refractivity contribution < 1.29 is 17.6 Å². The Labute approximate surface area is 157 Å². The molecule has 0 spiro atoms. The van der Waals surface area contributed by atoms with Crippen molar-refractivity contribution >= 4 is 21.6 Å². The van der Waals surface area contributed by atoms with E-state index in [0.29, 0.717) is 30.9 Å². The molecule has 1 atom stereocenters. The summed E-state index contributed by atoms with van der Waals surface area (Å²) >= 11 is 0. The van der Waals surface area contributed by atoms with Gasteiger partial charge in [-0.05, 0) is 48.5 Å². The van der Waals surface area contributed by atoms with Crippen LogP contribution in [0.4, 0.5) is 10.1 Å². The Balaban J connectivity index is 1.61. The fourth-order valence-corrected chi connectivity index (χ4v) is 5.12.